The number of rotatable bonds is 5. The van der Waals surface area contributed by atoms with Gasteiger partial charge in [-0.2, -0.15) is 18.5 Å². The molecule has 1 aliphatic heterocycles. The van der Waals surface area contributed by atoms with E-state index in [0.29, 0.717) is 27.6 Å². The predicted octanol–water partition coefficient (Wildman–Crippen LogP) is 4.91. The van der Waals surface area contributed by atoms with Gasteiger partial charge in [0.2, 0.25) is 0 Å². The van der Waals surface area contributed by atoms with Crippen LogP contribution in [-0.4, -0.2) is 20.0 Å². The van der Waals surface area contributed by atoms with Gasteiger partial charge in [-0.3, -0.25) is 4.79 Å². The van der Waals surface area contributed by atoms with Crippen molar-refractivity contribution in [1.82, 2.24) is 0 Å². The molecule has 3 aromatic rings. The predicted molar refractivity (Wildman–Crippen MR) is 121 cm³/mol. The number of hydrogen-bond donors (Lipinski definition) is 0. The van der Waals surface area contributed by atoms with E-state index in [1.165, 1.54) is 41.4 Å². The van der Waals surface area contributed by atoms with Gasteiger partial charge in [-0.05, 0) is 55.5 Å². The first-order valence-corrected chi connectivity index (χ1v) is 11.1. The first-order chi connectivity index (χ1) is 14.8. The quantitative estimate of drug-likeness (QED) is 0.407. The number of hydrogen-bond acceptors (Lipinski definition) is 5. The number of carbonyl (C=O) groups is 1. The standard InChI is InChI=1S/C23H17ClN2O4S/c1-16-21(23(27)26(25-16)19-8-4-2-5-9-19)15-17-14-18(24)12-13-22(17)30-31(28,29)20-10-6-3-7-11-20/h2-15H,1H3/b21-15+. The molecule has 0 aromatic heterocycles. The van der Waals surface area contributed by atoms with Crippen molar-refractivity contribution in [2.24, 2.45) is 5.10 Å². The first-order valence-electron chi connectivity index (χ1n) is 9.31. The number of carbonyl (C=O) groups excluding carboxylic acids is 1. The minimum Gasteiger partial charge on any atom is -0.378 e. The molecule has 1 aliphatic rings. The Hall–Kier alpha value is -3.42. The van der Waals surface area contributed by atoms with E-state index in [2.05, 4.69) is 5.10 Å². The van der Waals surface area contributed by atoms with Gasteiger partial charge in [0.15, 0.2) is 0 Å². The fourth-order valence-electron chi connectivity index (χ4n) is 3.05. The molecule has 0 aliphatic carbocycles. The molecule has 0 saturated heterocycles. The van der Waals surface area contributed by atoms with Crippen molar-refractivity contribution >= 4 is 45.1 Å². The van der Waals surface area contributed by atoms with Crippen LogP contribution in [0.1, 0.15) is 12.5 Å². The molecule has 6 nitrogen and oxygen atoms in total. The van der Waals surface area contributed by atoms with Gasteiger partial charge < -0.3 is 4.18 Å². The van der Waals surface area contributed by atoms with Crippen LogP contribution in [0.3, 0.4) is 0 Å². The Morgan fingerprint density at radius 2 is 1.61 bits per heavy atom. The highest BCUT2D eigenvalue weighted by molar-refractivity contribution is 7.87. The molecule has 8 heteroatoms. The van der Waals surface area contributed by atoms with Gasteiger partial charge in [0.1, 0.15) is 10.6 Å². The van der Waals surface area contributed by atoms with Crippen molar-refractivity contribution in [1.29, 1.82) is 0 Å². The van der Waals surface area contributed by atoms with Crippen molar-refractivity contribution in [3.63, 3.8) is 0 Å². The van der Waals surface area contributed by atoms with E-state index in [1.54, 1.807) is 37.3 Å². The van der Waals surface area contributed by atoms with Crippen LogP contribution < -0.4 is 9.19 Å². The van der Waals surface area contributed by atoms with Gasteiger partial charge in [-0.25, -0.2) is 0 Å². The highest BCUT2D eigenvalue weighted by Gasteiger charge is 2.29. The Bertz CT molecular complexity index is 1300. The van der Waals surface area contributed by atoms with Gasteiger partial charge in [0.25, 0.3) is 5.91 Å². The van der Waals surface area contributed by atoms with Crippen LogP contribution in [0.2, 0.25) is 5.02 Å². The number of para-hydroxylation sites is 1. The summed E-state index contributed by atoms with van der Waals surface area (Å²) in [5.41, 5.74) is 1.78. The van der Waals surface area contributed by atoms with Gasteiger partial charge in [-0.15, -0.1) is 0 Å². The molecule has 3 aromatic carbocycles. The van der Waals surface area contributed by atoms with E-state index in [0.717, 1.165) is 0 Å². The number of halogens is 1. The van der Waals surface area contributed by atoms with E-state index in [-0.39, 0.29) is 16.6 Å². The summed E-state index contributed by atoms with van der Waals surface area (Å²) in [5, 5.41) is 6.00. The minimum absolute atomic E-state index is 0.0218. The van der Waals surface area contributed by atoms with Gasteiger partial charge in [0.05, 0.1) is 17.0 Å². The second-order valence-corrected chi connectivity index (χ2v) is 8.71. The SMILES string of the molecule is CC1=NN(c2ccccc2)C(=O)/C1=C/c1cc(Cl)ccc1OS(=O)(=O)c1ccccc1. The molecular weight excluding hydrogens is 436 g/mol. The molecule has 0 saturated carbocycles. The van der Waals surface area contributed by atoms with Crippen LogP contribution >= 0.6 is 11.6 Å². The Morgan fingerprint density at radius 3 is 2.29 bits per heavy atom. The zero-order chi connectivity index (χ0) is 22.0. The molecular formula is C23H17ClN2O4S. The van der Waals surface area contributed by atoms with Gasteiger partial charge >= 0.3 is 10.1 Å². The highest BCUT2D eigenvalue weighted by Crippen LogP contribution is 2.31. The lowest BCUT2D eigenvalue weighted by atomic mass is 10.1. The van der Waals surface area contributed by atoms with Crippen molar-refractivity contribution < 1.29 is 17.4 Å². The van der Waals surface area contributed by atoms with Gasteiger partial charge in [-0.1, -0.05) is 48.0 Å². The van der Waals surface area contributed by atoms with Gasteiger partial charge in [0, 0.05) is 10.6 Å². The van der Waals surface area contributed by atoms with Crippen LogP contribution in [-0.2, 0) is 14.9 Å². The van der Waals surface area contributed by atoms with E-state index in [4.69, 9.17) is 15.8 Å². The van der Waals surface area contributed by atoms with Crippen LogP contribution in [0, 0.1) is 0 Å². The third-order valence-corrected chi connectivity index (χ3v) is 6.05. The minimum atomic E-state index is -4.06. The summed E-state index contributed by atoms with van der Waals surface area (Å²) < 4.78 is 30.7. The van der Waals surface area contributed by atoms with E-state index >= 15 is 0 Å². The fraction of sp³-hybridized carbons (Fsp3) is 0.0435. The Kier molecular flexibility index (Phi) is 5.63. The zero-order valence-corrected chi connectivity index (χ0v) is 18.0. The molecule has 0 spiro atoms. The average Bonchev–Trinajstić information content (AvgIpc) is 3.05. The molecule has 1 heterocycles. The largest absolute Gasteiger partial charge is 0.378 e. The number of anilines is 1. The van der Waals surface area contributed by atoms with E-state index in [1.807, 2.05) is 18.2 Å². The molecule has 1 amide bonds. The molecule has 0 N–H and O–H groups in total. The normalized spacial score (nSPS) is 15.3. The first kappa shape index (κ1) is 20.8. The fourth-order valence-corrected chi connectivity index (χ4v) is 4.20. The number of hydrazone groups is 1. The molecule has 4 rings (SSSR count). The Morgan fingerprint density at radius 1 is 0.968 bits per heavy atom. The lowest BCUT2D eigenvalue weighted by Crippen LogP contribution is -2.21. The summed E-state index contributed by atoms with van der Waals surface area (Å²) in [6.07, 6.45) is 1.53. The van der Waals surface area contributed by atoms with E-state index in [9.17, 15) is 13.2 Å². The summed E-state index contributed by atoms with van der Waals surface area (Å²) in [4.78, 5) is 13.0. The topological polar surface area (TPSA) is 76.0 Å². The van der Waals surface area contributed by atoms with Crippen molar-refractivity contribution in [2.75, 3.05) is 5.01 Å². The molecule has 0 radical (unpaired) electrons. The molecule has 31 heavy (non-hydrogen) atoms. The maximum Gasteiger partial charge on any atom is 0.339 e. The molecule has 0 unspecified atom stereocenters. The second-order valence-electron chi connectivity index (χ2n) is 6.73. The summed E-state index contributed by atoms with van der Waals surface area (Å²) in [7, 11) is -4.06. The summed E-state index contributed by atoms with van der Waals surface area (Å²) >= 11 is 6.13. The smallest absolute Gasteiger partial charge is 0.339 e. The lowest BCUT2D eigenvalue weighted by Gasteiger charge is -2.12. The molecule has 0 atom stereocenters. The van der Waals surface area contributed by atoms with Crippen molar-refractivity contribution in [2.45, 2.75) is 11.8 Å². The summed E-state index contributed by atoms with van der Waals surface area (Å²) in [6, 6.07) is 21.3. The molecule has 156 valence electrons. The van der Waals surface area contributed by atoms with Crippen LogP contribution in [0.25, 0.3) is 6.08 Å². The highest BCUT2D eigenvalue weighted by atomic mass is 35.5. The Labute approximate surface area is 185 Å². The maximum absolute atomic E-state index is 13.0. The number of benzene rings is 3. The Balaban J connectivity index is 1.71. The third-order valence-electron chi connectivity index (χ3n) is 4.57. The second kappa shape index (κ2) is 8.37. The van der Waals surface area contributed by atoms with Crippen molar-refractivity contribution in [3.8, 4) is 5.75 Å². The monoisotopic (exact) mass is 452 g/mol. The van der Waals surface area contributed by atoms with E-state index < -0.39 is 10.1 Å². The van der Waals surface area contributed by atoms with Crippen LogP contribution in [0.4, 0.5) is 5.69 Å². The summed E-state index contributed by atoms with van der Waals surface area (Å²) in [6.45, 7) is 1.71. The molecule has 0 fully saturated rings. The lowest BCUT2D eigenvalue weighted by molar-refractivity contribution is -0.114. The number of amides is 1. The van der Waals surface area contributed by atoms with Crippen molar-refractivity contribution in [3.05, 3.63) is 95.0 Å². The zero-order valence-electron chi connectivity index (χ0n) is 16.4. The summed E-state index contributed by atoms with van der Waals surface area (Å²) in [5.74, 6) is -0.278. The maximum atomic E-state index is 13.0. The number of nitrogens with zero attached hydrogens (tertiary/aromatic N) is 2. The average molecular weight is 453 g/mol. The molecule has 0 bridgehead atoms. The van der Waals surface area contributed by atoms with Crippen LogP contribution in [0.5, 0.6) is 5.75 Å². The third kappa shape index (κ3) is 4.38. The van der Waals surface area contributed by atoms with Crippen LogP contribution in [0.15, 0.2) is 94.4 Å².